The maximum atomic E-state index is 12.9. The van der Waals surface area contributed by atoms with Crippen LogP contribution in [0.2, 0.25) is 0 Å². The second kappa shape index (κ2) is 6.90. The third-order valence-corrected chi connectivity index (χ3v) is 7.90. The SMILES string of the molecule is CS(=O)(=O)c1ccc(C(=O)OCC(=O)C23CC4CC(CC(C4)C2)C3)cc1[N+](=O)[O-]. The average molecular weight is 421 g/mol. The van der Waals surface area contributed by atoms with Gasteiger partial charge in [0.15, 0.2) is 22.2 Å². The quantitative estimate of drug-likeness (QED) is 0.393. The van der Waals surface area contributed by atoms with E-state index in [-0.39, 0.29) is 23.4 Å². The zero-order valence-corrected chi connectivity index (χ0v) is 16.9. The van der Waals surface area contributed by atoms with Crippen LogP contribution in [0.1, 0.15) is 48.9 Å². The summed E-state index contributed by atoms with van der Waals surface area (Å²) in [5.74, 6) is 0.838. The highest BCUT2D eigenvalue weighted by molar-refractivity contribution is 7.90. The molecule has 156 valence electrons. The lowest BCUT2D eigenvalue weighted by molar-refractivity contribution is -0.387. The number of hydrogen-bond donors (Lipinski definition) is 0. The van der Waals surface area contributed by atoms with E-state index >= 15 is 0 Å². The maximum Gasteiger partial charge on any atom is 0.338 e. The lowest BCUT2D eigenvalue weighted by Gasteiger charge is -2.55. The smallest absolute Gasteiger partial charge is 0.338 e. The molecule has 0 heterocycles. The van der Waals surface area contributed by atoms with Crippen molar-refractivity contribution in [3.63, 3.8) is 0 Å². The number of benzene rings is 1. The summed E-state index contributed by atoms with van der Waals surface area (Å²) in [5.41, 5.74) is -1.22. The minimum atomic E-state index is -3.82. The van der Waals surface area contributed by atoms with Gasteiger partial charge in [-0.3, -0.25) is 14.9 Å². The van der Waals surface area contributed by atoms with Crippen LogP contribution in [-0.2, 0) is 19.4 Å². The Morgan fingerprint density at radius 1 is 1.14 bits per heavy atom. The minimum absolute atomic E-state index is 0.0628. The van der Waals surface area contributed by atoms with Crippen LogP contribution < -0.4 is 0 Å². The van der Waals surface area contributed by atoms with Crippen molar-refractivity contribution in [2.24, 2.45) is 23.2 Å². The van der Waals surface area contributed by atoms with E-state index in [4.69, 9.17) is 4.74 Å². The first-order valence-electron chi connectivity index (χ1n) is 9.76. The number of ether oxygens (including phenoxy) is 1. The molecule has 1 aromatic carbocycles. The molecule has 0 spiro atoms. The Hall–Kier alpha value is -2.29. The Balaban J connectivity index is 1.47. The maximum absolute atomic E-state index is 12.9. The molecule has 1 aromatic rings. The molecule has 0 amide bonds. The highest BCUT2D eigenvalue weighted by Gasteiger charge is 2.54. The number of sulfone groups is 1. The Bertz CT molecular complexity index is 963. The first-order valence-corrected chi connectivity index (χ1v) is 11.7. The number of nitrogens with zero attached hydrogens (tertiary/aromatic N) is 1. The van der Waals surface area contributed by atoms with Crippen molar-refractivity contribution in [2.75, 3.05) is 12.9 Å². The molecule has 5 rings (SSSR count). The van der Waals surface area contributed by atoms with Crippen molar-refractivity contribution >= 4 is 27.3 Å². The summed E-state index contributed by atoms with van der Waals surface area (Å²) >= 11 is 0. The first kappa shape index (κ1) is 20.0. The highest BCUT2D eigenvalue weighted by Crippen LogP contribution is 2.60. The fourth-order valence-corrected chi connectivity index (χ4v) is 6.75. The molecule has 9 heteroatoms. The topological polar surface area (TPSA) is 121 Å². The van der Waals surface area contributed by atoms with Crippen LogP contribution in [0.4, 0.5) is 5.69 Å². The van der Waals surface area contributed by atoms with E-state index in [2.05, 4.69) is 0 Å². The summed E-state index contributed by atoms with van der Waals surface area (Å²) in [6.07, 6.45) is 7.04. The third-order valence-electron chi connectivity index (χ3n) is 6.75. The Morgan fingerprint density at radius 3 is 2.17 bits per heavy atom. The fourth-order valence-electron chi connectivity index (χ4n) is 5.92. The zero-order chi connectivity index (χ0) is 21.0. The van der Waals surface area contributed by atoms with Crippen LogP contribution >= 0.6 is 0 Å². The average Bonchev–Trinajstić information content (AvgIpc) is 2.63. The molecular formula is C20H23NO7S. The predicted octanol–water partition coefficient (Wildman–Crippen LogP) is 2.94. The molecule has 0 saturated heterocycles. The second-order valence-corrected chi connectivity index (χ2v) is 10.9. The molecule has 4 aliphatic rings. The first-order chi connectivity index (χ1) is 13.6. The Morgan fingerprint density at radius 2 is 1.69 bits per heavy atom. The molecule has 4 fully saturated rings. The van der Waals surface area contributed by atoms with Gasteiger partial charge in [-0.05, 0) is 68.4 Å². The number of carbonyl (C=O) groups excluding carboxylic acids is 2. The summed E-state index contributed by atoms with van der Waals surface area (Å²) in [5, 5.41) is 11.2. The number of Topliss-reactive ketones (excluding diaryl/α,β-unsaturated/α-hetero) is 1. The monoisotopic (exact) mass is 421 g/mol. The van der Waals surface area contributed by atoms with Crippen LogP contribution in [-0.4, -0.2) is 38.0 Å². The Labute approximate surface area is 168 Å². The lowest BCUT2D eigenvalue weighted by Crippen LogP contribution is -2.51. The normalized spacial score (nSPS) is 30.2. The molecule has 0 atom stereocenters. The number of nitro groups is 1. The summed E-state index contributed by atoms with van der Waals surface area (Å²) in [7, 11) is -3.82. The third kappa shape index (κ3) is 3.68. The van der Waals surface area contributed by atoms with E-state index in [1.54, 1.807) is 0 Å². The van der Waals surface area contributed by atoms with E-state index in [0.717, 1.165) is 37.7 Å². The highest BCUT2D eigenvalue weighted by atomic mass is 32.2. The van der Waals surface area contributed by atoms with Gasteiger partial charge in [-0.15, -0.1) is 0 Å². The molecule has 29 heavy (non-hydrogen) atoms. The molecular weight excluding hydrogens is 398 g/mol. The summed E-state index contributed by atoms with van der Waals surface area (Å²) in [6.45, 7) is -0.355. The molecule has 8 nitrogen and oxygen atoms in total. The van der Waals surface area contributed by atoms with Crippen molar-refractivity contribution in [1.82, 2.24) is 0 Å². The van der Waals surface area contributed by atoms with Crippen molar-refractivity contribution in [3.8, 4) is 0 Å². The molecule has 4 aliphatic carbocycles. The van der Waals surface area contributed by atoms with Crippen molar-refractivity contribution in [1.29, 1.82) is 0 Å². The van der Waals surface area contributed by atoms with Gasteiger partial charge in [0.1, 0.15) is 4.90 Å². The number of hydrogen-bond acceptors (Lipinski definition) is 7. The van der Waals surface area contributed by atoms with E-state index in [0.29, 0.717) is 17.8 Å². The number of carbonyl (C=O) groups is 2. The molecule has 0 N–H and O–H groups in total. The van der Waals surface area contributed by atoms with Gasteiger partial charge in [0.25, 0.3) is 5.69 Å². The van der Waals surface area contributed by atoms with Crippen LogP contribution in [0.5, 0.6) is 0 Å². The molecule has 0 aromatic heterocycles. The fraction of sp³-hybridized carbons (Fsp3) is 0.600. The minimum Gasteiger partial charge on any atom is -0.454 e. The zero-order valence-electron chi connectivity index (χ0n) is 16.1. The summed E-state index contributed by atoms with van der Waals surface area (Å²) in [6, 6.07) is 3.07. The van der Waals surface area contributed by atoms with Crippen LogP contribution in [0, 0.1) is 33.3 Å². The number of rotatable bonds is 6. The van der Waals surface area contributed by atoms with Crippen LogP contribution in [0.3, 0.4) is 0 Å². The lowest BCUT2D eigenvalue weighted by atomic mass is 9.48. The van der Waals surface area contributed by atoms with Gasteiger partial charge in [-0.25, -0.2) is 13.2 Å². The van der Waals surface area contributed by atoms with Gasteiger partial charge in [0.2, 0.25) is 0 Å². The van der Waals surface area contributed by atoms with Gasteiger partial charge in [-0.1, -0.05) is 0 Å². The molecule has 4 saturated carbocycles. The van der Waals surface area contributed by atoms with E-state index < -0.39 is 31.3 Å². The largest absolute Gasteiger partial charge is 0.454 e. The predicted molar refractivity (Wildman–Crippen MR) is 102 cm³/mol. The van der Waals surface area contributed by atoms with Crippen molar-refractivity contribution in [3.05, 3.63) is 33.9 Å². The van der Waals surface area contributed by atoms with E-state index in [1.807, 2.05) is 0 Å². The van der Waals surface area contributed by atoms with Crippen molar-refractivity contribution < 1.29 is 27.7 Å². The standard InChI is InChI=1S/C20H23NO7S/c1-29(26,27)17-3-2-15(7-16(17)21(24)25)19(23)28-11-18(22)20-8-12-4-13(9-20)6-14(5-12)10-20/h2-3,7,12-14H,4-6,8-11H2,1H3. The van der Waals surface area contributed by atoms with Crippen LogP contribution in [0.25, 0.3) is 0 Å². The van der Waals surface area contributed by atoms with Gasteiger partial charge in [0, 0.05) is 17.7 Å². The second-order valence-electron chi connectivity index (χ2n) is 8.91. The number of ketones is 1. The Kier molecular flexibility index (Phi) is 4.76. The summed E-state index contributed by atoms with van der Waals surface area (Å²) < 4.78 is 28.6. The van der Waals surface area contributed by atoms with E-state index in [9.17, 15) is 28.1 Å². The van der Waals surface area contributed by atoms with Gasteiger partial charge in [0.05, 0.1) is 10.5 Å². The molecule has 4 bridgehead atoms. The summed E-state index contributed by atoms with van der Waals surface area (Å²) in [4.78, 5) is 35.2. The van der Waals surface area contributed by atoms with Crippen molar-refractivity contribution in [2.45, 2.75) is 43.4 Å². The molecule has 0 aliphatic heterocycles. The van der Waals surface area contributed by atoms with Gasteiger partial charge >= 0.3 is 5.97 Å². The van der Waals surface area contributed by atoms with Gasteiger partial charge < -0.3 is 4.74 Å². The number of nitro benzene ring substituents is 1. The van der Waals surface area contributed by atoms with Crippen LogP contribution in [0.15, 0.2) is 23.1 Å². The molecule has 0 unspecified atom stereocenters. The van der Waals surface area contributed by atoms with Gasteiger partial charge in [-0.2, -0.15) is 0 Å². The van der Waals surface area contributed by atoms with E-state index in [1.165, 1.54) is 25.3 Å². The number of esters is 1. The molecule has 0 radical (unpaired) electrons.